The molecule has 1 N–H and O–H groups in total. The molecule has 1 aromatic rings. The highest BCUT2D eigenvalue weighted by atomic mass is 16.7. The Morgan fingerprint density at radius 2 is 2.18 bits per heavy atom. The smallest absolute Gasteiger partial charge is 0.161 e. The van der Waals surface area contributed by atoms with Crippen LogP contribution in [0.5, 0.6) is 5.75 Å². The summed E-state index contributed by atoms with van der Waals surface area (Å²) in [5, 5.41) is 9.45. The van der Waals surface area contributed by atoms with Crippen molar-refractivity contribution in [1.82, 2.24) is 0 Å². The van der Waals surface area contributed by atoms with Gasteiger partial charge in [0.05, 0.1) is 25.9 Å². The maximum absolute atomic E-state index is 9.45. The molecular weight excluding hydrogens is 220 g/mol. The van der Waals surface area contributed by atoms with E-state index >= 15 is 0 Å². The molecule has 1 atom stereocenters. The Hall–Kier alpha value is -1.10. The lowest BCUT2D eigenvalue weighted by atomic mass is 10.1. The Morgan fingerprint density at radius 3 is 2.88 bits per heavy atom. The minimum atomic E-state index is -0.472. The van der Waals surface area contributed by atoms with E-state index < -0.39 is 6.10 Å². The van der Waals surface area contributed by atoms with E-state index in [0.29, 0.717) is 19.8 Å². The first-order valence-corrected chi connectivity index (χ1v) is 5.90. The summed E-state index contributed by atoms with van der Waals surface area (Å²) in [6, 6.07) is 7.48. The molecule has 4 heteroatoms. The number of ether oxygens (including phenoxy) is 3. The van der Waals surface area contributed by atoms with E-state index in [-0.39, 0.29) is 6.29 Å². The Labute approximate surface area is 101 Å². The SMILES string of the molecule is C[C@H](O)c1cccc(OCCC2OCCO2)c1. The van der Waals surface area contributed by atoms with Gasteiger partial charge in [0.2, 0.25) is 0 Å². The van der Waals surface area contributed by atoms with Gasteiger partial charge in [-0.3, -0.25) is 0 Å². The molecule has 17 heavy (non-hydrogen) atoms. The summed E-state index contributed by atoms with van der Waals surface area (Å²) in [4.78, 5) is 0. The Kier molecular flexibility index (Phi) is 4.36. The van der Waals surface area contributed by atoms with Crippen LogP contribution in [0.25, 0.3) is 0 Å². The van der Waals surface area contributed by atoms with Gasteiger partial charge in [-0.25, -0.2) is 0 Å². The minimum Gasteiger partial charge on any atom is -0.493 e. The fraction of sp³-hybridized carbons (Fsp3) is 0.538. The maximum Gasteiger partial charge on any atom is 0.161 e. The van der Waals surface area contributed by atoms with Crippen LogP contribution in [0.4, 0.5) is 0 Å². The third-order valence-electron chi connectivity index (χ3n) is 2.65. The van der Waals surface area contributed by atoms with Crippen LogP contribution in [0.3, 0.4) is 0 Å². The summed E-state index contributed by atoms with van der Waals surface area (Å²) in [5.41, 5.74) is 0.857. The molecule has 0 spiro atoms. The number of aliphatic hydroxyl groups is 1. The average molecular weight is 238 g/mol. The summed E-state index contributed by atoms with van der Waals surface area (Å²) < 4.78 is 16.2. The molecule has 1 aliphatic heterocycles. The van der Waals surface area contributed by atoms with Crippen molar-refractivity contribution in [3.8, 4) is 5.75 Å². The molecule has 0 aliphatic carbocycles. The van der Waals surface area contributed by atoms with Crippen LogP contribution >= 0.6 is 0 Å². The van der Waals surface area contributed by atoms with E-state index in [9.17, 15) is 5.11 Å². The molecule has 0 amide bonds. The van der Waals surface area contributed by atoms with Gasteiger partial charge in [-0.05, 0) is 24.6 Å². The van der Waals surface area contributed by atoms with Crippen molar-refractivity contribution < 1.29 is 19.3 Å². The van der Waals surface area contributed by atoms with Gasteiger partial charge in [-0.1, -0.05) is 12.1 Å². The molecule has 1 fully saturated rings. The molecule has 2 rings (SSSR count). The van der Waals surface area contributed by atoms with E-state index in [0.717, 1.165) is 17.7 Å². The van der Waals surface area contributed by atoms with Crippen molar-refractivity contribution in [2.75, 3.05) is 19.8 Å². The molecule has 0 aromatic heterocycles. The van der Waals surface area contributed by atoms with Crippen LogP contribution in [0, 0.1) is 0 Å². The van der Waals surface area contributed by atoms with Gasteiger partial charge in [0.25, 0.3) is 0 Å². The highest BCUT2D eigenvalue weighted by Gasteiger charge is 2.15. The number of aliphatic hydroxyl groups excluding tert-OH is 1. The molecule has 1 aliphatic rings. The average Bonchev–Trinajstić information content (AvgIpc) is 2.82. The highest BCUT2D eigenvalue weighted by Crippen LogP contribution is 2.19. The first kappa shape index (κ1) is 12.4. The zero-order valence-corrected chi connectivity index (χ0v) is 9.96. The summed E-state index contributed by atoms with van der Waals surface area (Å²) >= 11 is 0. The molecule has 0 unspecified atom stereocenters. The van der Waals surface area contributed by atoms with E-state index in [2.05, 4.69) is 0 Å². The van der Waals surface area contributed by atoms with Crippen molar-refractivity contribution >= 4 is 0 Å². The highest BCUT2D eigenvalue weighted by molar-refractivity contribution is 5.29. The van der Waals surface area contributed by atoms with Gasteiger partial charge in [0.15, 0.2) is 6.29 Å². The van der Waals surface area contributed by atoms with Crippen molar-refractivity contribution in [3.63, 3.8) is 0 Å². The predicted molar refractivity (Wildman–Crippen MR) is 62.9 cm³/mol. The van der Waals surface area contributed by atoms with Crippen molar-refractivity contribution in [3.05, 3.63) is 29.8 Å². The Morgan fingerprint density at radius 1 is 1.41 bits per heavy atom. The van der Waals surface area contributed by atoms with E-state index in [1.54, 1.807) is 6.92 Å². The van der Waals surface area contributed by atoms with Gasteiger partial charge in [-0.15, -0.1) is 0 Å². The van der Waals surface area contributed by atoms with Crippen LogP contribution in [0.1, 0.15) is 25.0 Å². The number of hydrogen-bond acceptors (Lipinski definition) is 4. The summed E-state index contributed by atoms with van der Waals surface area (Å²) in [7, 11) is 0. The lowest BCUT2D eigenvalue weighted by molar-refractivity contribution is -0.0531. The Bertz CT molecular complexity index is 345. The van der Waals surface area contributed by atoms with Crippen LogP contribution in [0.2, 0.25) is 0 Å². The second-order valence-corrected chi connectivity index (χ2v) is 4.06. The number of rotatable bonds is 5. The zero-order valence-electron chi connectivity index (χ0n) is 9.96. The molecular formula is C13H18O4. The molecule has 0 radical (unpaired) electrons. The quantitative estimate of drug-likeness (QED) is 0.851. The lowest BCUT2D eigenvalue weighted by Crippen LogP contribution is -2.12. The number of benzene rings is 1. The fourth-order valence-corrected chi connectivity index (χ4v) is 1.71. The predicted octanol–water partition coefficient (Wildman–Crippen LogP) is 1.88. The molecule has 0 bridgehead atoms. The van der Waals surface area contributed by atoms with Gasteiger partial charge < -0.3 is 19.3 Å². The molecule has 4 nitrogen and oxygen atoms in total. The van der Waals surface area contributed by atoms with Gasteiger partial charge in [0, 0.05) is 6.42 Å². The van der Waals surface area contributed by atoms with Crippen molar-refractivity contribution in [1.29, 1.82) is 0 Å². The van der Waals surface area contributed by atoms with Gasteiger partial charge in [0.1, 0.15) is 5.75 Å². The van der Waals surface area contributed by atoms with E-state index in [1.165, 1.54) is 0 Å². The largest absolute Gasteiger partial charge is 0.493 e. The van der Waals surface area contributed by atoms with E-state index in [4.69, 9.17) is 14.2 Å². The number of hydrogen-bond donors (Lipinski definition) is 1. The van der Waals surface area contributed by atoms with Gasteiger partial charge >= 0.3 is 0 Å². The third-order valence-corrected chi connectivity index (χ3v) is 2.65. The topological polar surface area (TPSA) is 47.9 Å². The van der Waals surface area contributed by atoms with Crippen LogP contribution in [-0.4, -0.2) is 31.2 Å². The molecule has 1 aromatic carbocycles. The second kappa shape index (κ2) is 6.00. The zero-order chi connectivity index (χ0) is 12.1. The summed E-state index contributed by atoms with van der Waals surface area (Å²) in [6.45, 7) is 3.62. The van der Waals surface area contributed by atoms with Crippen LogP contribution in [0.15, 0.2) is 24.3 Å². The third kappa shape index (κ3) is 3.70. The summed E-state index contributed by atoms with van der Waals surface area (Å²) in [6.07, 6.45) is 0.119. The molecule has 1 heterocycles. The lowest BCUT2D eigenvalue weighted by Gasteiger charge is -2.11. The standard InChI is InChI=1S/C13H18O4/c1-10(14)11-3-2-4-12(9-11)15-6-5-13-16-7-8-17-13/h2-4,9-10,13-14H,5-8H2,1H3/t10-/m0/s1. The molecule has 1 saturated heterocycles. The normalized spacial score (nSPS) is 18.2. The monoisotopic (exact) mass is 238 g/mol. The van der Waals surface area contributed by atoms with E-state index in [1.807, 2.05) is 24.3 Å². The summed E-state index contributed by atoms with van der Waals surface area (Å²) in [5.74, 6) is 0.765. The van der Waals surface area contributed by atoms with Crippen LogP contribution < -0.4 is 4.74 Å². The maximum atomic E-state index is 9.45. The molecule has 94 valence electrons. The van der Waals surface area contributed by atoms with Crippen molar-refractivity contribution in [2.24, 2.45) is 0 Å². The fourth-order valence-electron chi connectivity index (χ4n) is 1.71. The van der Waals surface area contributed by atoms with Crippen LogP contribution in [-0.2, 0) is 9.47 Å². The first-order valence-electron chi connectivity index (χ1n) is 5.90. The Balaban J connectivity index is 1.79. The first-order chi connectivity index (χ1) is 8.25. The van der Waals surface area contributed by atoms with Crippen molar-refractivity contribution in [2.45, 2.75) is 25.7 Å². The second-order valence-electron chi connectivity index (χ2n) is 4.06. The minimum absolute atomic E-state index is 0.130. The molecule has 0 saturated carbocycles. The van der Waals surface area contributed by atoms with Gasteiger partial charge in [-0.2, -0.15) is 0 Å².